The number of carboxylic acid groups (broad SMARTS) is 1. The molecule has 0 aliphatic rings. The highest BCUT2D eigenvalue weighted by Crippen LogP contribution is 2.25. The van der Waals surface area contributed by atoms with E-state index in [1.807, 2.05) is 0 Å². The molecule has 94 valence electrons. The Kier molecular flexibility index (Phi) is 4.04. The molecular formula is C12H15F2NO2. The molecule has 5 heteroatoms. The molecule has 0 saturated heterocycles. The van der Waals surface area contributed by atoms with Crippen molar-refractivity contribution >= 4 is 11.7 Å². The molecule has 1 aromatic carbocycles. The molecular weight excluding hydrogens is 228 g/mol. The molecule has 3 nitrogen and oxygen atoms in total. The Balaban J connectivity index is 3.06. The van der Waals surface area contributed by atoms with Crippen LogP contribution in [-0.2, 0) is 4.79 Å². The van der Waals surface area contributed by atoms with Crippen molar-refractivity contribution in [2.24, 2.45) is 0 Å². The molecule has 0 amide bonds. The maximum absolute atomic E-state index is 13.4. The van der Waals surface area contributed by atoms with Crippen molar-refractivity contribution in [3.63, 3.8) is 0 Å². The summed E-state index contributed by atoms with van der Waals surface area (Å²) < 4.78 is 26.8. The maximum Gasteiger partial charge on any atom is 0.329 e. The largest absolute Gasteiger partial charge is 0.480 e. The van der Waals surface area contributed by atoms with Gasteiger partial charge in [-0.1, -0.05) is 19.4 Å². The number of aliphatic carboxylic acids is 1. The first-order valence-electron chi connectivity index (χ1n) is 5.36. The summed E-state index contributed by atoms with van der Waals surface area (Å²) >= 11 is 0. The minimum Gasteiger partial charge on any atom is -0.480 e. The Bertz CT molecular complexity index is 403. The van der Waals surface area contributed by atoms with Gasteiger partial charge in [-0.2, -0.15) is 0 Å². The molecule has 0 radical (unpaired) electrons. The Morgan fingerprint density at radius 1 is 1.41 bits per heavy atom. The first-order chi connectivity index (χ1) is 7.90. The van der Waals surface area contributed by atoms with Crippen LogP contribution in [0, 0.1) is 11.6 Å². The van der Waals surface area contributed by atoms with Gasteiger partial charge < -0.3 is 10.4 Å². The van der Waals surface area contributed by atoms with Crippen molar-refractivity contribution in [2.75, 3.05) is 5.32 Å². The third-order valence-electron chi connectivity index (χ3n) is 2.59. The van der Waals surface area contributed by atoms with Crippen molar-refractivity contribution in [3.8, 4) is 0 Å². The maximum atomic E-state index is 13.4. The lowest BCUT2D eigenvalue weighted by Gasteiger charge is -2.27. The standard InChI is InChI=1S/C12H15F2NO2/c1-3-7-12(2,11(16)17)15-10-8(13)5-4-6-9(10)14/h4-6,15H,3,7H2,1-2H3,(H,16,17). The summed E-state index contributed by atoms with van der Waals surface area (Å²) in [4.78, 5) is 11.1. The van der Waals surface area contributed by atoms with Gasteiger partial charge in [0.2, 0.25) is 0 Å². The molecule has 0 aliphatic heterocycles. The summed E-state index contributed by atoms with van der Waals surface area (Å²) in [6.45, 7) is 3.21. The van der Waals surface area contributed by atoms with E-state index in [1.54, 1.807) is 6.92 Å². The molecule has 0 fully saturated rings. The van der Waals surface area contributed by atoms with Gasteiger partial charge in [0.05, 0.1) is 0 Å². The normalized spacial score (nSPS) is 14.1. The predicted molar refractivity (Wildman–Crippen MR) is 60.9 cm³/mol. The third kappa shape index (κ3) is 2.93. The molecule has 1 rings (SSSR count). The molecule has 0 saturated carbocycles. The highest BCUT2D eigenvalue weighted by Gasteiger charge is 2.33. The van der Waals surface area contributed by atoms with Crippen LogP contribution in [0.1, 0.15) is 26.7 Å². The third-order valence-corrected chi connectivity index (χ3v) is 2.59. The Morgan fingerprint density at radius 2 is 1.94 bits per heavy atom. The fraction of sp³-hybridized carbons (Fsp3) is 0.417. The van der Waals surface area contributed by atoms with Crippen LogP contribution in [0.25, 0.3) is 0 Å². The molecule has 1 atom stereocenters. The van der Waals surface area contributed by atoms with E-state index in [9.17, 15) is 13.6 Å². The highest BCUT2D eigenvalue weighted by atomic mass is 19.1. The van der Waals surface area contributed by atoms with E-state index in [4.69, 9.17) is 5.11 Å². The zero-order chi connectivity index (χ0) is 13.1. The quantitative estimate of drug-likeness (QED) is 0.835. The Labute approximate surface area is 98.5 Å². The Hall–Kier alpha value is -1.65. The smallest absolute Gasteiger partial charge is 0.329 e. The summed E-state index contributed by atoms with van der Waals surface area (Å²) in [7, 11) is 0. The minimum absolute atomic E-state index is 0.274. The predicted octanol–water partition coefficient (Wildman–Crippen LogP) is 3.02. The number of nitrogens with one attached hydrogen (secondary N) is 1. The number of anilines is 1. The van der Waals surface area contributed by atoms with Crippen LogP contribution in [0.3, 0.4) is 0 Å². The SMILES string of the molecule is CCCC(C)(Nc1c(F)cccc1F)C(=O)O. The highest BCUT2D eigenvalue weighted by molar-refractivity contribution is 5.82. The fourth-order valence-corrected chi connectivity index (χ4v) is 1.62. The molecule has 1 aromatic rings. The van der Waals surface area contributed by atoms with Gasteiger partial charge in [0, 0.05) is 0 Å². The van der Waals surface area contributed by atoms with Crippen molar-refractivity contribution in [3.05, 3.63) is 29.8 Å². The number of para-hydroxylation sites is 1. The zero-order valence-corrected chi connectivity index (χ0v) is 9.76. The number of halogens is 2. The lowest BCUT2D eigenvalue weighted by molar-refractivity contribution is -0.142. The molecule has 0 spiro atoms. The summed E-state index contributed by atoms with van der Waals surface area (Å²) in [5.41, 5.74) is -1.77. The van der Waals surface area contributed by atoms with Gasteiger partial charge in [0.25, 0.3) is 0 Å². The average Bonchev–Trinajstić information content (AvgIpc) is 2.24. The fourth-order valence-electron chi connectivity index (χ4n) is 1.62. The van der Waals surface area contributed by atoms with Gasteiger partial charge in [0.15, 0.2) is 0 Å². The van der Waals surface area contributed by atoms with E-state index < -0.39 is 28.8 Å². The first-order valence-corrected chi connectivity index (χ1v) is 5.36. The van der Waals surface area contributed by atoms with Crippen molar-refractivity contribution in [2.45, 2.75) is 32.2 Å². The first kappa shape index (κ1) is 13.4. The molecule has 0 bridgehead atoms. The van der Waals surface area contributed by atoms with E-state index in [1.165, 1.54) is 13.0 Å². The lowest BCUT2D eigenvalue weighted by atomic mass is 9.96. The van der Waals surface area contributed by atoms with Gasteiger partial charge in [-0.05, 0) is 25.5 Å². The number of benzene rings is 1. The van der Waals surface area contributed by atoms with E-state index in [0.717, 1.165) is 12.1 Å². The van der Waals surface area contributed by atoms with Crippen LogP contribution in [-0.4, -0.2) is 16.6 Å². The van der Waals surface area contributed by atoms with Crippen LogP contribution in [0.4, 0.5) is 14.5 Å². The van der Waals surface area contributed by atoms with Crippen LogP contribution < -0.4 is 5.32 Å². The van der Waals surface area contributed by atoms with Crippen molar-refractivity contribution in [1.82, 2.24) is 0 Å². The van der Waals surface area contributed by atoms with E-state index >= 15 is 0 Å². The summed E-state index contributed by atoms with van der Waals surface area (Å²) in [6, 6.07) is 3.40. The van der Waals surface area contributed by atoms with Crippen LogP contribution in [0.15, 0.2) is 18.2 Å². The Morgan fingerprint density at radius 3 is 2.35 bits per heavy atom. The number of carboxylic acids is 1. The molecule has 0 aromatic heterocycles. The van der Waals surface area contributed by atoms with Crippen LogP contribution >= 0.6 is 0 Å². The van der Waals surface area contributed by atoms with Crippen molar-refractivity contribution < 1.29 is 18.7 Å². The second-order valence-electron chi connectivity index (χ2n) is 4.11. The molecule has 1 unspecified atom stereocenters. The van der Waals surface area contributed by atoms with E-state index in [-0.39, 0.29) is 6.42 Å². The van der Waals surface area contributed by atoms with Gasteiger partial charge in [-0.25, -0.2) is 13.6 Å². The van der Waals surface area contributed by atoms with Gasteiger partial charge in [-0.15, -0.1) is 0 Å². The number of hydrogen-bond acceptors (Lipinski definition) is 2. The summed E-state index contributed by atoms with van der Waals surface area (Å²) in [5.74, 6) is -2.73. The lowest BCUT2D eigenvalue weighted by Crippen LogP contribution is -2.43. The molecule has 2 N–H and O–H groups in total. The van der Waals surface area contributed by atoms with Crippen LogP contribution in [0.2, 0.25) is 0 Å². The second kappa shape index (κ2) is 5.12. The van der Waals surface area contributed by atoms with Gasteiger partial charge in [0.1, 0.15) is 22.9 Å². The summed E-state index contributed by atoms with van der Waals surface area (Å²) in [5, 5.41) is 11.5. The minimum atomic E-state index is -1.38. The topological polar surface area (TPSA) is 49.3 Å². The van der Waals surface area contributed by atoms with Crippen LogP contribution in [0.5, 0.6) is 0 Å². The zero-order valence-electron chi connectivity index (χ0n) is 9.76. The van der Waals surface area contributed by atoms with Gasteiger partial charge in [-0.3, -0.25) is 0 Å². The van der Waals surface area contributed by atoms with E-state index in [0.29, 0.717) is 6.42 Å². The van der Waals surface area contributed by atoms with E-state index in [2.05, 4.69) is 5.32 Å². The number of carbonyl (C=O) groups is 1. The molecule has 0 heterocycles. The monoisotopic (exact) mass is 243 g/mol. The molecule has 17 heavy (non-hydrogen) atoms. The summed E-state index contributed by atoms with van der Waals surface area (Å²) in [6.07, 6.45) is 0.863. The van der Waals surface area contributed by atoms with Crippen molar-refractivity contribution in [1.29, 1.82) is 0 Å². The van der Waals surface area contributed by atoms with Gasteiger partial charge >= 0.3 is 5.97 Å². The molecule has 0 aliphatic carbocycles. The second-order valence-corrected chi connectivity index (χ2v) is 4.11. The number of rotatable bonds is 5. The number of hydrogen-bond donors (Lipinski definition) is 2. The average molecular weight is 243 g/mol.